The smallest absolute Gasteiger partial charge is 0.302 e. The number of allylic oxidation sites excluding steroid dienone is 4. The zero-order valence-corrected chi connectivity index (χ0v) is 16.4. The van der Waals surface area contributed by atoms with E-state index in [0.29, 0.717) is 16.7 Å². The van der Waals surface area contributed by atoms with E-state index in [9.17, 15) is 4.79 Å². The topological polar surface area (TPSA) is 26.3 Å². The molecule has 0 N–H and O–H groups in total. The molecule has 6 atom stereocenters. The van der Waals surface area contributed by atoms with Crippen molar-refractivity contribution >= 4 is 5.97 Å². The molecule has 0 amide bonds. The molecule has 0 aromatic rings. The Hall–Kier alpha value is -1.05. The second kappa shape index (κ2) is 5.99. The number of carbonyl (C=O) groups excluding carboxylic acids is 1. The van der Waals surface area contributed by atoms with Crippen molar-refractivity contribution in [2.75, 3.05) is 0 Å². The lowest BCUT2D eigenvalue weighted by atomic mass is 9.49. The number of hydrogen-bond acceptors (Lipinski definition) is 2. The highest BCUT2D eigenvalue weighted by molar-refractivity contribution is 5.66. The average Bonchev–Trinajstić information content (AvgIpc) is 2.91. The third kappa shape index (κ3) is 2.54. The first-order valence-electron chi connectivity index (χ1n) is 10.4. The van der Waals surface area contributed by atoms with Crippen molar-refractivity contribution in [1.29, 1.82) is 0 Å². The van der Waals surface area contributed by atoms with E-state index in [1.54, 1.807) is 18.1 Å². The molecular formula is C23H34O2. The van der Waals surface area contributed by atoms with E-state index < -0.39 is 0 Å². The SMILES string of the molecule is C/C=C1/CC[C@H]2[C@@H]3CC[C@@H]4C[C@@H](OC(C)=O)CC[C@]4(C)C3=CC[C@]12C. The molecule has 0 aliphatic heterocycles. The third-order valence-electron chi connectivity index (χ3n) is 8.51. The minimum Gasteiger partial charge on any atom is -0.463 e. The molecule has 2 heteroatoms. The van der Waals surface area contributed by atoms with Gasteiger partial charge < -0.3 is 4.74 Å². The number of hydrogen-bond donors (Lipinski definition) is 0. The molecule has 3 saturated carbocycles. The average molecular weight is 343 g/mol. The third-order valence-corrected chi connectivity index (χ3v) is 8.51. The van der Waals surface area contributed by atoms with E-state index in [2.05, 4.69) is 32.9 Å². The Labute approximate surface area is 153 Å². The summed E-state index contributed by atoms with van der Waals surface area (Å²) in [6, 6.07) is 0. The summed E-state index contributed by atoms with van der Waals surface area (Å²) < 4.78 is 5.57. The highest BCUT2D eigenvalue weighted by atomic mass is 16.5. The maximum Gasteiger partial charge on any atom is 0.302 e. The van der Waals surface area contributed by atoms with Crippen LogP contribution in [-0.4, -0.2) is 12.1 Å². The van der Waals surface area contributed by atoms with Gasteiger partial charge in [0.15, 0.2) is 0 Å². The zero-order valence-electron chi connectivity index (χ0n) is 16.4. The lowest BCUT2D eigenvalue weighted by Gasteiger charge is -2.56. The quantitative estimate of drug-likeness (QED) is 0.443. The van der Waals surface area contributed by atoms with Crippen LogP contribution >= 0.6 is 0 Å². The number of carbonyl (C=O) groups is 1. The summed E-state index contributed by atoms with van der Waals surface area (Å²) in [7, 11) is 0. The number of ether oxygens (including phenoxy) is 1. The number of rotatable bonds is 1. The Morgan fingerprint density at radius 2 is 2.00 bits per heavy atom. The molecule has 4 aliphatic rings. The molecule has 25 heavy (non-hydrogen) atoms. The highest BCUT2D eigenvalue weighted by Gasteiger charge is 2.55. The van der Waals surface area contributed by atoms with Gasteiger partial charge in [-0.15, -0.1) is 0 Å². The van der Waals surface area contributed by atoms with Gasteiger partial charge in [-0.25, -0.2) is 0 Å². The van der Waals surface area contributed by atoms with Crippen LogP contribution in [0.4, 0.5) is 0 Å². The van der Waals surface area contributed by atoms with Gasteiger partial charge in [0.25, 0.3) is 0 Å². The molecule has 3 fully saturated rings. The molecule has 4 rings (SSSR count). The van der Waals surface area contributed by atoms with Crippen LogP contribution in [0.2, 0.25) is 0 Å². The molecule has 138 valence electrons. The van der Waals surface area contributed by atoms with E-state index in [1.165, 1.54) is 38.5 Å². The van der Waals surface area contributed by atoms with Crippen molar-refractivity contribution < 1.29 is 9.53 Å². The Balaban J connectivity index is 1.60. The van der Waals surface area contributed by atoms with Crippen LogP contribution in [0.1, 0.15) is 79.1 Å². The molecule has 0 saturated heterocycles. The first-order valence-corrected chi connectivity index (χ1v) is 10.4. The lowest BCUT2D eigenvalue weighted by Crippen LogP contribution is -2.48. The molecule has 0 radical (unpaired) electrons. The van der Waals surface area contributed by atoms with Gasteiger partial charge in [-0.2, -0.15) is 0 Å². The van der Waals surface area contributed by atoms with Gasteiger partial charge in [-0.05, 0) is 86.9 Å². The Bertz CT molecular complexity index is 630. The van der Waals surface area contributed by atoms with Crippen LogP contribution in [0, 0.1) is 28.6 Å². The fraction of sp³-hybridized carbons (Fsp3) is 0.783. The highest BCUT2D eigenvalue weighted by Crippen LogP contribution is 2.65. The first kappa shape index (κ1) is 17.4. The van der Waals surface area contributed by atoms with Crippen LogP contribution in [0.5, 0.6) is 0 Å². The summed E-state index contributed by atoms with van der Waals surface area (Å²) in [5, 5.41) is 0. The summed E-state index contributed by atoms with van der Waals surface area (Å²) in [6.45, 7) is 8.83. The molecule has 0 aromatic carbocycles. The van der Waals surface area contributed by atoms with Gasteiger partial charge in [0.2, 0.25) is 0 Å². The summed E-state index contributed by atoms with van der Waals surface area (Å²) in [6.07, 6.45) is 15.1. The normalized spacial score (nSPS) is 47.5. The molecule has 0 heterocycles. The van der Waals surface area contributed by atoms with Crippen LogP contribution in [-0.2, 0) is 9.53 Å². The molecule has 0 bridgehead atoms. The molecule has 0 unspecified atom stereocenters. The van der Waals surface area contributed by atoms with E-state index in [1.807, 2.05) is 0 Å². The second-order valence-corrected chi connectivity index (χ2v) is 9.54. The minimum atomic E-state index is -0.111. The fourth-order valence-corrected chi connectivity index (χ4v) is 7.16. The van der Waals surface area contributed by atoms with Crippen molar-refractivity contribution in [3.63, 3.8) is 0 Å². The zero-order chi connectivity index (χ0) is 17.8. The van der Waals surface area contributed by atoms with Crippen molar-refractivity contribution in [3.8, 4) is 0 Å². The molecule has 0 aromatic heterocycles. The monoisotopic (exact) mass is 342 g/mol. The predicted octanol–water partition coefficient (Wildman–Crippen LogP) is 5.83. The van der Waals surface area contributed by atoms with Crippen molar-refractivity contribution in [3.05, 3.63) is 23.3 Å². The maximum absolute atomic E-state index is 11.4. The van der Waals surface area contributed by atoms with E-state index in [4.69, 9.17) is 4.74 Å². The van der Waals surface area contributed by atoms with Crippen molar-refractivity contribution in [1.82, 2.24) is 0 Å². The van der Waals surface area contributed by atoms with Crippen LogP contribution < -0.4 is 0 Å². The predicted molar refractivity (Wildman–Crippen MR) is 101 cm³/mol. The second-order valence-electron chi connectivity index (χ2n) is 9.54. The molecular weight excluding hydrogens is 308 g/mol. The maximum atomic E-state index is 11.4. The van der Waals surface area contributed by atoms with E-state index in [0.717, 1.165) is 24.7 Å². The Morgan fingerprint density at radius 1 is 1.20 bits per heavy atom. The fourth-order valence-electron chi connectivity index (χ4n) is 7.16. The van der Waals surface area contributed by atoms with Gasteiger partial charge in [-0.1, -0.05) is 37.1 Å². The molecule has 2 nitrogen and oxygen atoms in total. The molecule has 4 aliphatic carbocycles. The Kier molecular flexibility index (Phi) is 4.16. The summed E-state index contributed by atoms with van der Waals surface area (Å²) in [5.74, 6) is 2.23. The van der Waals surface area contributed by atoms with Crippen LogP contribution in [0.25, 0.3) is 0 Å². The van der Waals surface area contributed by atoms with Gasteiger partial charge in [0.05, 0.1) is 0 Å². The van der Waals surface area contributed by atoms with Gasteiger partial charge in [0.1, 0.15) is 6.10 Å². The van der Waals surface area contributed by atoms with Crippen LogP contribution in [0.3, 0.4) is 0 Å². The van der Waals surface area contributed by atoms with Crippen LogP contribution in [0.15, 0.2) is 23.3 Å². The van der Waals surface area contributed by atoms with Gasteiger partial charge in [0, 0.05) is 6.92 Å². The minimum absolute atomic E-state index is 0.111. The van der Waals surface area contributed by atoms with Gasteiger partial charge >= 0.3 is 5.97 Å². The largest absolute Gasteiger partial charge is 0.463 e. The summed E-state index contributed by atoms with van der Waals surface area (Å²) >= 11 is 0. The van der Waals surface area contributed by atoms with E-state index in [-0.39, 0.29) is 12.1 Å². The van der Waals surface area contributed by atoms with Crippen molar-refractivity contribution in [2.24, 2.45) is 28.6 Å². The van der Waals surface area contributed by atoms with E-state index >= 15 is 0 Å². The lowest BCUT2D eigenvalue weighted by molar-refractivity contribution is -0.151. The molecule has 0 spiro atoms. The van der Waals surface area contributed by atoms with Gasteiger partial charge in [-0.3, -0.25) is 4.79 Å². The summed E-state index contributed by atoms with van der Waals surface area (Å²) in [5.41, 5.74) is 4.25. The Morgan fingerprint density at radius 3 is 2.72 bits per heavy atom. The number of esters is 1. The summed E-state index contributed by atoms with van der Waals surface area (Å²) in [4.78, 5) is 11.4. The first-order chi connectivity index (χ1) is 11.9. The van der Waals surface area contributed by atoms with Crippen molar-refractivity contribution in [2.45, 2.75) is 85.2 Å². The standard InChI is InChI=1S/C23H34O2/c1-5-16-7-9-20-19-8-6-17-14-18(25-15(2)24)10-12-23(17,4)21(19)11-13-22(16,20)3/h5,11,17-20H,6-10,12-14H2,1-4H3/b16-5-/t17-,18+,19+,20+,22-,23+/m1/s1. The number of fused-ring (bicyclic) bond motifs is 5.